The fraction of sp³-hybridized carbons (Fsp3) is 0.167. The van der Waals surface area contributed by atoms with E-state index in [0.29, 0.717) is 12.0 Å². The molecule has 1 amide bonds. The van der Waals surface area contributed by atoms with Crippen LogP contribution in [-0.4, -0.2) is 17.9 Å². The molecule has 0 saturated heterocycles. The summed E-state index contributed by atoms with van der Waals surface area (Å²) in [4.78, 5) is 25.3. The average molecular weight is 373 g/mol. The minimum Gasteiger partial charge on any atom is -0.459 e. The molecule has 4 nitrogen and oxygen atoms in total. The standard InChI is InChI=1S/C24H23NO3/c1-18-9-8-12-20(15-18)17-28-24(27)22(16-19-10-4-2-5-11-19)25-23(26)21-13-6-3-7-14-21/h2-15,22H,16-17H2,1H3,(H,25,26). The zero-order valence-corrected chi connectivity index (χ0v) is 15.8. The van der Waals surface area contributed by atoms with E-state index in [4.69, 9.17) is 4.74 Å². The van der Waals surface area contributed by atoms with Gasteiger partial charge in [-0.2, -0.15) is 0 Å². The number of carbonyl (C=O) groups is 2. The van der Waals surface area contributed by atoms with Crippen LogP contribution in [0, 0.1) is 6.92 Å². The van der Waals surface area contributed by atoms with Gasteiger partial charge in [0, 0.05) is 12.0 Å². The molecule has 0 spiro atoms. The van der Waals surface area contributed by atoms with Crippen molar-refractivity contribution in [3.63, 3.8) is 0 Å². The van der Waals surface area contributed by atoms with Gasteiger partial charge in [-0.3, -0.25) is 4.79 Å². The molecule has 0 fully saturated rings. The van der Waals surface area contributed by atoms with Gasteiger partial charge in [-0.05, 0) is 30.2 Å². The first-order valence-electron chi connectivity index (χ1n) is 9.24. The first-order chi connectivity index (χ1) is 13.6. The van der Waals surface area contributed by atoms with E-state index in [1.807, 2.05) is 67.6 Å². The maximum atomic E-state index is 12.7. The van der Waals surface area contributed by atoms with Crippen LogP contribution in [0.2, 0.25) is 0 Å². The van der Waals surface area contributed by atoms with Gasteiger partial charge in [0.15, 0.2) is 0 Å². The van der Waals surface area contributed by atoms with Gasteiger partial charge in [-0.1, -0.05) is 78.4 Å². The minimum absolute atomic E-state index is 0.174. The Morgan fingerprint density at radius 1 is 0.857 bits per heavy atom. The zero-order valence-electron chi connectivity index (χ0n) is 15.8. The highest BCUT2D eigenvalue weighted by Crippen LogP contribution is 2.10. The molecule has 0 aliphatic carbocycles. The predicted molar refractivity (Wildman–Crippen MR) is 109 cm³/mol. The third-order valence-corrected chi connectivity index (χ3v) is 4.37. The second-order valence-corrected chi connectivity index (χ2v) is 6.68. The van der Waals surface area contributed by atoms with E-state index < -0.39 is 12.0 Å². The molecule has 0 heterocycles. The summed E-state index contributed by atoms with van der Waals surface area (Å²) in [5.74, 6) is -0.747. The number of aryl methyl sites for hydroxylation is 1. The Balaban J connectivity index is 1.71. The summed E-state index contributed by atoms with van der Waals surface area (Å²) < 4.78 is 5.50. The molecule has 1 unspecified atom stereocenters. The molecule has 0 aromatic heterocycles. The smallest absolute Gasteiger partial charge is 0.329 e. The number of hydrogen-bond donors (Lipinski definition) is 1. The van der Waals surface area contributed by atoms with Gasteiger partial charge in [0.2, 0.25) is 0 Å². The number of benzene rings is 3. The Morgan fingerprint density at radius 2 is 1.50 bits per heavy atom. The van der Waals surface area contributed by atoms with E-state index in [9.17, 15) is 9.59 Å². The highest BCUT2D eigenvalue weighted by atomic mass is 16.5. The summed E-state index contributed by atoms with van der Waals surface area (Å²) in [6.07, 6.45) is 0.367. The molecular weight excluding hydrogens is 350 g/mol. The third-order valence-electron chi connectivity index (χ3n) is 4.37. The van der Waals surface area contributed by atoms with Crippen LogP contribution in [0.1, 0.15) is 27.0 Å². The number of ether oxygens (including phenoxy) is 1. The maximum absolute atomic E-state index is 12.7. The van der Waals surface area contributed by atoms with Crippen molar-refractivity contribution in [2.45, 2.75) is 26.0 Å². The lowest BCUT2D eigenvalue weighted by atomic mass is 10.1. The van der Waals surface area contributed by atoms with E-state index in [1.54, 1.807) is 24.3 Å². The summed E-state index contributed by atoms with van der Waals surface area (Å²) in [7, 11) is 0. The van der Waals surface area contributed by atoms with Crippen molar-refractivity contribution in [3.8, 4) is 0 Å². The zero-order chi connectivity index (χ0) is 19.8. The van der Waals surface area contributed by atoms with E-state index in [2.05, 4.69) is 5.32 Å². The van der Waals surface area contributed by atoms with Crippen molar-refractivity contribution in [3.05, 3.63) is 107 Å². The number of esters is 1. The topological polar surface area (TPSA) is 55.4 Å². The molecule has 0 radical (unpaired) electrons. The molecule has 3 aromatic carbocycles. The van der Waals surface area contributed by atoms with E-state index in [1.165, 1.54) is 0 Å². The van der Waals surface area contributed by atoms with Gasteiger partial charge in [0.25, 0.3) is 5.91 Å². The second-order valence-electron chi connectivity index (χ2n) is 6.68. The lowest BCUT2D eigenvalue weighted by Crippen LogP contribution is -2.43. The monoisotopic (exact) mass is 373 g/mol. The summed E-state index contributed by atoms with van der Waals surface area (Å²) in [5, 5.41) is 2.82. The quantitative estimate of drug-likeness (QED) is 0.635. The first-order valence-corrected chi connectivity index (χ1v) is 9.24. The molecule has 4 heteroatoms. The van der Waals surface area contributed by atoms with Crippen molar-refractivity contribution in [1.29, 1.82) is 0 Å². The molecule has 0 saturated carbocycles. The lowest BCUT2D eigenvalue weighted by Gasteiger charge is -2.18. The Morgan fingerprint density at radius 3 is 2.18 bits per heavy atom. The van der Waals surface area contributed by atoms with Gasteiger partial charge in [0.05, 0.1) is 0 Å². The van der Waals surface area contributed by atoms with Gasteiger partial charge < -0.3 is 10.1 Å². The Hall–Kier alpha value is -3.40. The number of hydrogen-bond acceptors (Lipinski definition) is 3. The predicted octanol–water partition coefficient (Wildman–Crippen LogP) is 4.08. The fourth-order valence-corrected chi connectivity index (χ4v) is 2.93. The second kappa shape index (κ2) is 9.51. The van der Waals surface area contributed by atoms with Crippen LogP contribution < -0.4 is 5.32 Å². The van der Waals surface area contributed by atoms with Crippen LogP contribution in [0.4, 0.5) is 0 Å². The Bertz CT molecular complexity index is 923. The molecule has 3 rings (SSSR count). The van der Waals surface area contributed by atoms with Gasteiger partial charge >= 0.3 is 5.97 Å². The summed E-state index contributed by atoms with van der Waals surface area (Å²) >= 11 is 0. The van der Waals surface area contributed by atoms with Crippen LogP contribution in [0.15, 0.2) is 84.9 Å². The average Bonchev–Trinajstić information content (AvgIpc) is 2.73. The Kier molecular flexibility index (Phi) is 6.58. The van der Waals surface area contributed by atoms with Crippen LogP contribution in [0.25, 0.3) is 0 Å². The molecule has 0 aliphatic rings. The van der Waals surface area contributed by atoms with Crippen molar-refractivity contribution in [2.75, 3.05) is 0 Å². The molecule has 142 valence electrons. The molecule has 0 bridgehead atoms. The fourth-order valence-electron chi connectivity index (χ4n) is 2.93. The van der Waals surface area contributed by atoms with Gasteiger partial charge in [-0.15, -0.1) is 0 Å². The third kappa shape index (κ3) is 5.55. The normalized spacial score (nSPS) is 11.5. The molecule has 28 heavy (non-hydrogen) atoms. The van der Waals surface area contributed by atoms with E-state index >= 15 is 0 Å². The number of nitrogens with one attached hydrogen (secondary N) is 1. The van der Waals surface area contributed by atoms with Crippen molar-refractivity contribution < 1.29 is 14.3 Å². The Labute approximate surface area is 165 Å². The maximum Gasteiger partial charge on any atom is 0.329 e. The number of amides is 1. The SMILES string of the molecule is Cc1cccc(COC(=O)C(Cc2ccccc2)NC(=O)c2ccccc2)c1. The van der Waals surface area contributed by atoms with Crippen LogP contribution >= 0.6 is 0 Å². The molecule has 1 N–H and O–H groups in total. The lowest BCUT2D eigenvalue weighted by molar-refractivity contribution is -0.147. The highest BCUT2D eigenvalue weighted by Gasteiger charge is 2.23. The van der Waals surface area contributed by atoms with Gasteiger partial charge in [0.1, 0.15) is 12.6 Å². The van der Waals surface area contributed by atoms with Crippen molar-refractivity contribution >= 4 is 11.9 Å². The van der Waals surface area contributed by atoms with Crippen LogP contribution in [-0.2, 0) is 22.6 Å². The van der Waals surface area contributed by atoms with Crippen molar-refractivity contribution in [1.82, 2.24) is 5.32 Å². The van der Waals surface area contributed by atoms with Crippen LogP contribution in [0.3, 0.4) is 0 Å². The highest BCUT2D eigenvalue weighted by molar-refractivity contribution is 5.96. The molecular formula is C24H23NO3. The first kappa shape index (κ1) is 19.4. The largest absolute Gasteiger partial charge is 0.459 e. The molecule has 0 aliphatic heterocycles. The van der Waals surface area contributed by atoms with Crippen molar-refractivity contribution in [2.24, 2.45) is 0 Å². The van der Waals surface area contributed by atoms with E-state index in [-0.39, 0.29) is 12.5 Å². The molecule has 1 atom stereocenters. The summed E-state index contributed by atoms with van der Waals surface area (Å²) in [5.41, 5.74) is 3.48. The van der Waals surface area contributed by atoms with Crippen LogP contribution in [0.5, 0.6) is 0 Å². The minimum atomic E-state index is -0.764. The van der Waals surface area contributed by atoms with E-state index in [0.717, 1.165) is 16.7 Å². The number of carbonyl (C=O) groups excluding carboxylic acids is 2. The summed E-state index contributed by atoms with van der Waals surface area (Å²) in [6.45, 7) is 2.16. The summed E-state index contributed by atoms with van der Waals surface area (Å²) in [6, 6.07) is 25.5. The van der Waals surface area contributed by atoms with Gasteiger partial charge in [-0.25, -0.2) is 4.79 Å². The number of rotatable bonds is 7. The molecule has 3 aromatic rings.